The monoisotopic (exact) mass is 345 g/mol. The van der Waals surface area contributed by atoms with Crippen molar-refractivity contribution in [3.8, 4) is 0 Å². The molecule has 0 aliphatic carbocycles. The zero-order valence-electron chi connectivity index (χ0n) is 13.7. The van der Waals surface area contributed by atoms with E-state index in [0.29, 0.717) is 11.4 Å². The molecule has 0 spiro atoms. The molecular weight excluding hydrogens is 326 g/mol. The van der Waals surface area contributed by atoms with Crippen LogP contribution in [0.4, 0.5) is 0 Å². The first-order valence-electron chi connectivity index (χ1n) is 7.70. The third-order valence-corrected chi connectivity index (χ3v) is 3.98. The Bertz CT molecular complexity index is 689. The van der Waals surface area contributed by atoms with Crippen LogP contribution in [0.15, 0.2) is 48.8 Å². The first-order chi connectivity index (χ1) is 11.5. The van der Waals surface area contributed by atoms with E-state index in [-0.39, 0.29) is 24.4 Å². The molecule has 126 valence electrons. The predicted molar refractivity (Wildman–Crippen MR) is 93.6 cm³/mol. The van der Waals surface area contributed by atoms with Crippen LogP contribution in [-0.4, -0.2) is 35.3 Å². The summed E-state index contributed by atoms with van der Waals surface area (Å²) < 4.78 is 0. The summed E-state index contributed by atoms with van der Waals surface area (Å²) in [6, 6.07) is 10.8. The van der Waals surface area contributed by atoms with Gasteiger partial charge in [-0.25, -0.2) is 0 Å². The summed E-state index contributed by atoms with van der Waals surface area (Å²) in [6.45, 7) is 1.71. The van der Waals surface area contributed by atoms with E-state index in [4.69, 9.17) is 11.6 Å². The van der Waals surface area contributed by atoms with Crippen molar-refractivity contribution in [1.82, 2.24) is 15.2 Å². The van der Waals surface area contributed by atoms with E-state index in [1.807, 2.05) is 24.3 Å². The molecule has 1 N–H and O–H groups in total. The minimum absolute atomic E-state index is 0.0342. The largest absolute Gasteiger partial charge is 0.347 e. The lowest BCUT2D eigenvalue weighted by atomic mass is 9.99. The van der Waals surface area contributed by atoms with Crippen LogP contribution in [-0.2, 0) is 9.59 Å². The summed E-state index contributed by atoms with van der Waals surface area (Å²) >= 11 is 5.96. The van der Waals surface area contributed by atoms with Crippen LogP contribution in [0.2, 0.25) is 5.02 Å². The Labute approximate surface area is 146 Å². The van der Waals surface area contributed by atoms with Gasteiger partial charge in [0.05, 0.1) is 12.6 Å². The number of rotatable bonds is 6. The van der Waals surface area contributed by atoms with Crippen molar-refractivity contribution in [3.63, 3.8) is 0 Å². The minimum Gasteiger partial charge on any atom is -0.347 e. The van der Waals surface area contributed by atoms with Gasteiger partial charge in [-0.1, -0.05) is 36.7 Å². The number of hydrogen-bond acceptors (Lipinski definition) is 3. The number of carbonyl (C=O) groups is 2. The molecule has 24 heavy (non-hydrogen) atoms. The van der Waals surface area contributed by atoms with Gasteiger partial charge in [0.1, 0.15) is 0 Å². The molecule has 2 amide bonds. The van der Waals surface area contributed by atoms with Crippen LogP contribution in [0, 0.1) is 0 Å². The molecule has 2 aromatic rings. The molecule has 0 unspecified atom stereocenters. The molecule has 0 saturated heterocycles. The van der Waals surface area contributed by atoms with E-state index in [1.54, 1.807) is 43.4 Å². The van der Waals surface area contributed by atoms with Gasteiger partial charge >= 0.3 is 0 Å². The molecule has 0 aliphatic heterocycles. The summed E-state index contributed by atoms with van der Waals surface area (Å²) in [7, 11) is 1.71. The van der Waals surface area contributed by atoms with Gasteiger partial charge < -0.3 is 10.2 Å². The smallest absolute Gasteiger partial charge is 0.242 e. The molecule has 6 heteroatoms. The van der Waals surface area contributed by atoms with Crippen LogP contribution >= 0.6 is 11.6 Å². The maximum absolute atomic E-state index is 12.5. The van der Waals surface area contributed by atoms with Gasteiger partial charge in [-0.15, -0.1) is 0 Å². The highest BCUT2D eigenvalue weighted by atomic mass is 35.5. The van der Waals surface area contributed by atoms with Gasteiger partial charge in [-0.3, -0.25) is 14.6 Å². The summed E-state index contributed by atoms with van der Waals surface area (Å²) in [6.07, 6.45) is 3.76. The molecule has 1 aromatic carbocycles. The molecule has 2 rings (SSSR count). The standard InChI is InChI=1S/C18H20ClN3O2/c1-3-16(23)21-12-17(24)22(2)18(14-5-4-10-20-11-14)13-6-8-15(19)9-7-13/h4-11,18H,3,12H2,1-2H3,(H,21,23)/t18-/m1/s1. The highest BCUT2D eigenvalue weighted by molar-refractivity contribution is 6.30. The van der Waals surface area contributed by atoms with Gasteiger partial charge in [0.2, 0.25) is 11.8 Å². The van der Waals surface area contributed by atoms with Crippen LogP contribution < -0.4 is 5.32 Å². The fourth-order valence-electron chi connectivity index (χ4n) is 2.39. The van der Waals surface area contributed by atoms with Gasteiger partial charge in [0.15, 0.2) is 0 Å². The topological polar surface area (TPSA) is 62.3 Å². The fraction of sp³-hybridized carbons (Fsp3) is 0.278. The SMILES string of the molecule is CCC(=O)NCC(=O)N(C)[C@H](c1ccc(Cl)cc1)c1cccnc1. The number of hydrogen-bond donors (Lipinski definition) is 1. The molecule has 0 bridgehead atoms. The van der Waals surface area contributed by atoms with E-state index < -0.39 is 0 Å². The molecule has 0 saturated carbocycles. The Morgan fingerprint density at radius 2 is 1.92 bits per heavy atom. The molecule has 1 heterocycles. The number of nitrogens with one attached hydrogen (secondary N) is 1. The second-order valence-electron chi connectivity index (χ2n) is 5.38. The van der Waals surface area contributed by atoms with Crippen molar-refractivity contribution >= 4 is 23.4 Å². The van der Waals surface area contributed by atoms with Crippen LogP contribution in [0.1, 0.15) is 30.5 Å². The number of carbonyl (C=O) groups excluding carboxylic acids is 2. The lowest BCUT2D eigenvalue weighted by Gasteiger charge is -2.29. The predicted octanol–water partition coefficient (Wildman–Crippen LogP) is 2.81. The molecule has 0 fully saturated rings. The summed E-state index contributed by atoms with van der Waals surface area (Å²) in [4.78, 5) is 29.6. The summed E-state index contributed by atoms with van der Waals surface area (Å²) in [5.41, 5.74) is 1.81. The number of likely N-dealkylation sites (N-methyl/N-ethyl adjacent to an activating group) is 1. The number of amides is 2. The molecule has 1 atom stereocenters. The number of pyridine rings is 1. The first-order valence-corrected chi connectivity index (χ1v) is 8.08. The average Bonchev–Trinajstić information content (AvgIpc) is 2.62. The van der Waals surface area contributed by atoms with E-state index >= 15 is 0 Å². The second kappa shape index (κ2) is 8.45. The van der Waals surface area contributed by atoms with Crippen molar-refractivity contribution < 1.29 is 9.59 Å². The van der Waals surface area contributed by atoms with E-state index in [2.05, 4.69) is 10.3 Å². The molecule has 1 aromatic heterocycles. The Balaban J connectivity index is 2.27. The zero-order chi connectivity index (χ0) is 17.5. The van der Waals surface area contributed by atoms with Gasteiger partial charge in [0.25, 0.3) is 0 Å². The quantitative estimate of drug-likeness (QED) is 0.875. The lowest BCUT2D eigenvalue weighted by Crippen LogP contribution is -2.40. The Kier molecular flexibility index (Phi) is 6.32. The Morgan fingerprint density at radius 1 is 1.21 bits per heavy atom. The Hall–Kier alpha value is -2.40. The van der Waals surface area contributed by atoms with Crippen LogP contribution in [0.25, 0.3) is 0 Å². The van der Waals surface area contributed by atoms with E-state index in [1.165, 1.54) is 0 Å². The van der Waals surface area contributed by atoms with Gasteiger partial charge in [-0.2, -0.15) is 0 Å². The lowest BCUT2D eigenvalue weighted by molar-refractivity contribution is -0.133. The van der Waals surface area contributed by atoms with Crippen molar-refractivity contribution in [3.05, 3.63) is 64.9 Å². The number of benzene rings is 1. The van der Waals surface area contributed by atoms with Crippen LogP contribution in [0.5, 0.6) is 0 Å². The molecule has 5 nitrogen and oxygen atoms in total. The first kappa shape index (κ1) is 17.9. The van der Waals surface area contributed by atoms with Crippen molar-refractivity contribution in [1.29, 1.82) is 0 Å². The molecule has 0 aliphatic rings. The minimum atomic E-state index is -0.304. The number of aromatic nitrogens is 1. The molecular formula is C18H20ClN3O2. The van der Waals surface area contributed by atoms with E-state index in [9.17, 15) is 9.59 Å². The fourth-order valence-corrected chi connectivity index (χ4v) is 2.52. The second-order valence-corrected chi connectivity index (χ2v) is 5.81. The highest BCUT2D eigenvalue weighted by Crippen LogP contribution is 2.28. The average molecular weight is 346 g/mol. The number of halogens is 1. The number of nitrogens with zero attached hydrogens (tertiary/aromatic N) is 2. The molecule has 0 radical (unpaired) electrons. The third kappa shape index (κ3) is 4.55. The van der Waals surface area contributed by atoms with Gasteiger partial charge in [-0.05, 0) is 29.3 Å². The van der Waals surface area contributed by atoms with E-state index in [0.717, 1.165) is 11.1 Å². The summed E-state index contributed by atoms with van der Waals surface area (Å²) in [5.74, 6) is -0.332. The maximum atomic E-state index is 12.5. The summed E-state index contributed by atoms with van der Waals surface area (Å²) in [5, 5.41) is 3.25. The van der Waals surface area contributed by atoms with Crippen molar-refractivity contribution in [2.24, 2.45) is 0 Å². The maximum Gasteiger partial charge on any atom is 0.242 e. The van der Waals surface area contributed by atoms with Crippen molar-refractivity contribution in [2.45, 2.75) is 19.4 Å². The Morgan fingerprint density at radius 3 is 2.50 bits per heavy atom. The van der Waals surface area contributed by atoms with Gasteiger partial charge in [0, 0.05) is 30.9 Å². The highest BCUT2D eigenvalue weighted by Gasteiger charge is 2.23. The van der Waals surface area contributed by atoms with Crippen molar-refractivity contribution in [2.75, 3.05) is 13.6 Å². The normalized spacial score (nSPS) is 11.6. The third-order valence-electron chi connectivity index (χ3n) is 3.72. The van der Waals surface area contributed by atoms with Crippen LogP contribution in [0.3, 0.4) is 0 Å². The zero-order valence-corrected chi connectivity index (χ0v) is 14.5.